The molecule has 1 aliphatic rings. The first kappa shape index (κ1) is 121. The number of carbonyl (C=O) groups is 3. The van der Waals surface area contributed by atoms with Crippen LogP contribution in [0.15, 0.2) is 335 Å². The van der Waals surface area contributed by atoms with E-state index in [-0.39, 0.29) is 27.3 Å². The fourth-order valence-corrected chi connectivity index (χ4v) is 15.1. The van der Waals surface area contributed by atoms with Gasteiger partial charge in [-0.05, 0) is 280 Å². The van der Waals surface area contributed by atoms with E-state index in [1.54, 1.807) is 113 Å². The van der Waals surface area contributed by atoms with Crippen molar-refractivity contribution in [3.63, 3.8) is 0 Å². The van der Waals surface area contributed by atoms with Gasteiger partial charge in [0.2, 0.25) is 37.8 Å². The molecule has 0 atom stereocenters. The van der Waals surface area contributed by atoms with Gasteiger partial charge in [-0.3, -0.25) is 19.4 Å². The van der Waals surface area contributed by atoms with Crippen LogP contribution in [0.25, 0.3) is 33.1 Å². The van der Waals surface area contributed by atoms with Crippen molar-refractivity contribution in [2.24, 2.45) is 38.9 Å². The molecule has 0 radical (unpaired) electrons. The molecule has 3 amide bonds. The molecule has 3 aromatic heterocycles. The molecule has 0 fully saturated rings. The molecule has 14 aromatic carbocycles. The number of primary sulfonamides is 2. The van der Waals surface area contributed by atoms with Crippen molar-refractivity contribution in [3.8, 4) is 28.6 Å². The van der Waals surface area contributed by atoms with Crippen molar-refractivity contribution in [2.75, 3.05) is 50.4 Å². The van der Waals surface area contributed by atoms with Crippen molar-refractivity contribution < 1.29 is 50.0 Å². The smallest absolute Gasteiger partial charge is 0.340 e. The highest BCUT2D eigenvalue weighted by Gasteiger charge is 2.15. The Bertz CT molecular complexity index is 7350. The Kier molecular flexibility index (Phi) is 51.2. The number of anilines is 4. The Hall–Kier alpha value is -15.8. The number of nitrogen functional groups attached to an aromatic ring is 3. The third kappa shape index (κ3) is 44.0. The first-order valence-electron chi connectivity index (χ1n) is 45.7. The summed E-state index contributed by atoms with van der Waals surface area (Å²) in [5.74, 6) is 2.53. The second-order valence-corrected chi connectivity index (χ2v) is 37.2. The number of rotatable bonds is 11. The van der Waals surface area contributed by atoms with Crippen molar-refractivity contribution in [3.05, 3.63) is 447 Å². The number of nitrogens with two attached hydrogens (primary N) is 10. The number of methoxy groups -OCH3 is 3. The van der Waals surface area contributed by atoms with Gasteiger partial charge < -0.3 is 69.9 Å². The van der Waals surface area contributed by atoms with E-state index < -0.39 is 26.0 Å². The Morgan fingerprint density at radius 2 is 0.911 bits per heavy atom. The number of H-pyrrole nitrogens is 2. The maximum absolute atomic E-state index is 11.0. The number of fused-ring (bicyclic) bond motifs is 3. The fraction of sp³-hybridized carbons (Fsp3) is 0.184. The normalized spacial score (nSPS) is 10.3. The predicted molar refractivity (Wildman–Crippen MR) is 597 cm³/mol. The second kappa shape index (κ2) is 61.9. The molecule has 23 N–H and O–H groups in total. The lowest BCUT2D eigenvalue weighted by Crippen LogP contribution is -2.13. The van der Waals surface area contributed by atoms with Crippen molar-refractivity contribution >= 4 is 106 Å². The number of aromatic amines is 2. The maximum atomic E-state index is 11.0. The quantitative estimate of drug-likeness (QED) is 0.0535. The lowest BCUT2D eigenvalue weighted by Gasteiger charge is -2.05. The molecule has 0 saturated heterocycles. The first-order valence-corrected chi connectivity index (χ1v) is 49.6. The highest BCUT2D eigenvalue weighted by atomic mass is 35.5. The molecule has 146 heavy (non-hydrogen) atoms. The zero-order valence-electron chi connectivity index (χ0n) is 85.4. The number of pyridine rings is 1. The third-order valence-corrected chi connectivity index (χ3v) is 23.8. The monoisotopic (exact) mass is 2050 g/mol. The van der Waals surface area contributed by atoms with Crippen LogP contribution in [-0.4, -0.2) is 87.8 Å². The molecule has 0 bridgehead atoms. The highest BCUT2D eigenvalue weighted by Crippen LogP contribution is 2.27. The van der Waals surface area contributed by atoms with Crippen molar-refractivity contribution in [1.29, 1.82) is 0 Å². The molecule has 0 unspecified atom stereocenters. The van der Waals surface area contributed by atoms with Crippen LogP contribution in [0.1, 0.15) is 126 Å². The summed E-state index contributed by atoms with van der Waals surface area (Å²) in [7, 11) is -2.49. The van der Waals surface area contributed by atoms with Gasteiger partial charge in [-0.2, -0.15) is 5.10 Å². The molecule has 28 nitrogen and oxygen atoms in total. The van der Waals surface area contributed by atoms with E-state index in [1.165, 1.54) is 81.4 Å². The highest BCUT2D eigenvalue weighted by molar-refractivity contribution is 7.89. The van der Waals surface area contributed by atoms with Crippen molar-refractivity contribution in [1.82, 2.24) is 25.3 Å². The number of halogens is 2. The van der Waals surface area contributed by atoms with Crippen LogP contribution in [0, 0.1) is 96.9 Å². The van der Waals surface area contributed by atoms with E-state index in [0.717, 1.165) is 78.0 Å². The average Bonchev–Trinajstić information content (AvgIpc) is 1.18. The predicted octanol–water partition coefficient (Wildman–Crippen LogP) is 21.3. The molecule has 1 aliphatic heterocycles. The van der Waals surface area contributed by atoms with Crippen LogP contribution in [0.5, 0.6) is 17.2 Å². The lowest BCUT2D eigenvalue weighted by atomic mass is 10.1. The molecule has 0 spiro atoms. The van der Waals surface area contributed by atoms with E-state index in [9.17, 15) is 36.0 Å². The number of hydrogen-bond acceptors (Lipinski definition) is 21. The standard InChI is InChI=1S/C10H10N2.C9H9N3O.C9H11NO2.C9H11N.C8H8N2O.C8H11NO3S.2C8H9NO.2C8H11N.C8H10O.C7H8ClN.C7H7Cl.C7H9NO2S/c1-7-2-3-8-4-5-12-10(11)9(8)6-7;1-6-3-2-4-7(5-6)8-10-9(13)12-11-8;1-6-3-4-7(12-2)5-8(6)9(10)11;1-7-2-3-9-8(6-7)4-5-10-9;1-5-2-3-7-6(4-5)8(9)10-11-7;1-6-3-4-7(12-2)5-8(6)13(9,10)11;1-6-3-2-4-7(5-6)8(9)10;1-6-4-2-3-5-7(6)8(9)10;1-7-3-2-4-8(5-7)6-9;1-7-4-2-3-5-8(7)6-9;1-7-3-5-8(9-2)6-4-7;1-5-2-3-6(8)7(9)4-5;1-6-3-2-4-7(8)5-6;1-6-4-2-3-5-7(6)11(8,9)10/h2-6H,1H3,(H2,11,12);2-5H,1H3,(H2,10,11,12,13);3-5H,1-2H3,(H2,10,11);2-3,6,10H,4-5H2,1H3;2-4H,1H3,(H2,9,10);3-5H,1-2H3,(H2,9,10,11);2*2-5H,1H3,(H2,9,10);2*2-5H,6,9H2,1H3;3-6H,1-2H3;2-4H,9H2,1H3;2-5H,1H3;2-5H,1H3,(H2,8,9,10). The van der Waals surface area contributed by atoms with E-state index >= 15 is 0 Å². The summed E-state index contributed by atoms with van der Waals surface area (Å²) in [4.78, 5) is 49.8. The van der Waals surface area contributed by atoms with E-state index in [2.05, 4.69) is 119 Å². The molecule has 32 heteroatoms. The molecule has 0 aliphatic carbocycles. The lowest BCUT2D eigenvalue weighted by molar-refractivity contribution is 0.0991. The third-order valence-electron chi connectivity index (χ3n) is 21.1. The van der Waals surface area contributed by atoms with Gasteiger partial charge in [0.15, 0.2) is 17.2 Å². The summed E-state index contributed by atoms with van der Waals surface area (Å²) in [5.41, 5.74) is 67.0. The van der Waals surface area contributed by atoms with Crippen LogP contribution in [0.3, 0.4) is 0 Å². The fourth-order valence-electron chi connectivity index (χ4n) is 13.2. The number of aryl methyl sites for hydroxylation is 14. The molecular weight excluding hydrogens is 1920 g/mol. The van der Waals surface area contributed by atoms with Crippen LogP contribution in [0.4, 0.5) is 23.0 Å². The van der Waals surface area contributed by atoms with Crippen LogP contribution in [0.2, 0.25) is 10.0 Å². The Balaban J connectivity index is 0.000000277. The average molecular weight is 2060 g/mol. The van der Waals surface area contributed by atoms with E-state index in [4.69, 9.17) is 98.1 Å². The minimum Gasteiger partial charge on any atom is -0.497 e. The Morgan fingerprint density at radius 3 is 1.40 bits per heavy atom. The number of sulfonamides is 2. The van der Waals surface area contributed by atoms with Crippen LogP contribution >= 0.6 is 23.2 Å². The topological polar surface area (TPSA) is 520 Å². The number of ether oxygens (including phenoxy) is 3. The summed E-state index contributed by atoms with van der Waals surface area (Å²) in [6.07, 6.45) is 2.92. The summed E-state index contributed by atoms with van der Waals surface area (Å²) in [5, 5.41) is 27.6. The number of amides is 3. The minimum absolute atomic E-state index is 0.104. The van der Waals surface area contributed by atoms with E-state index in [1.807, 2.05) is 213 Å². The first-order chi connectivity index (χ1) is 69.2. The van der Waals surface area contributed by atoms with Gasteiger partial charge in [-0.15, -0.1) is 0 Å². The van der Waals surface area contributed by atoms with Gasteiger partial charge in [-0.25, -0.2) is 42.0 Å². The van der Waals surface area contributed by atoms with Crippen molar-refractivity contribution in [2.45, 2.75) is 126 Å². The molecular formula is C114H134Cl2N16O12S2. The summed E-state index contributed by atoms with van der Waals surface area (Å²) in [6.45, 7) is 29.8. The Morgan fingerprint density at radius 1 is 0.418 bits per heavy atom. The SMILES string of the molecule is COc1ccc(C)c(C(N)=O)c1.COc1ccc(C)c(S(N)(=O)=O)c1.COc1ccc(C)cc1.Cc1ccc(Cl)c(N)c1.Cc1ccc2c(c1)CCN2.Cc1ccc2ccnc(N)c2c1.Cc1ccc2onc(N)c2c1.Cc1cccc(-c2n[nH]c(=O)[nH]2)c1.Cc1cccc(C(N)=O)c1.Cc1cccc(CN)c1.Cc1cccc(Cl)c1.Cc1ccccc1C(N)=O.Cc1ccccc1CN.Cc1ccccc1S(N)(=O)=O. The summed E-state index contributed by atoms with van der Waals surface area (Å²) < 4.78 is 63.5. The van der Waals surface area contributed by atoms with Gasteiger partial charge in [-0.1, -0.05) is 255 Å². The number of carbonyl (C=O) groups excluding carboxylic acids is 3. The zero-order chi connectivity index (χ0) is 108. The summed E-state index contributed by atoms with van der Waals surface area (Å²) in [6, 6.07) is 97.0. The number of nitrogens with one attached hydrogen (secondary N) is 3. The maximum Gasteiger partial charge on any atom is 0.340 e. The molecule has 768 valence electrons. The van der Waals surface area contributed by atoms with Crippen LogP contribution < -0.4 is 81.4 Å². The second-order valence-electron chi connectivity index (χ2n) is 33.3. The number of aromatic nitrogens is 5. The minimum atomic E-state index is -3.65. The Labute approximate surface area is 866 Å². The van der Waals surface area contributed by atoms with E-state index in [0.29, 0.717) is 80.6 Å². The summed E-state index contributed by atoms with van der Waals surface area (Å²) >= 11 is 11.3. The number of benzene rings is 14. The zero-order valence-corrected chi connectivity index (χ0v) is 88.6. The largest absolute Gasteiger partial charge is 0.497 e. The molecule has 4 heterocycles. The van der Waals surface area contributed by atoms with Gasteiger partial charge in [0, 0.05) is 70.2 Å². The van der Waals surface area contributed by atoms with Gasteiger partial charge in [0.25, 0.3) is 0 Å². The molecule has 0 saturated carbocycles. The molecule has 18 rings (SSSR count). The molecule has 17 aromatic rings. The van der Waals surface area contributed by atoms with Gasteiger partial charge in [0.1, 0.15) is 23.1 Å². The van der Waals surface area contributed by atoms with Gasteiger partial charge in [0.05, 0.1) is 47.2 Å². The number of primary amides is 3. The van der Waals surface area contributed by atoms with Crippen LogP contribution in [-0.2, 0) is 39.6 Å². The number of nitrogens with zero attached hydrogens (tertiary/aromatic N) is 3. The van der Waals surface area contributed by atoms with Gasteiger partial charge >= 0.3 is 5.69 Å². The number of hydrogen-bond donors (Lipinski definition) is 13.